The van der Waals surface area contributed by atoms with Crippen molar-refractivity contribution in [3.8, 4) is 0 Å². The third-order valence-electron chi connectivity index (χ3n) is 3.01. The second-order valence-electron chi connectivity index (χ2n) is 4.72. The van der Waals surface area contributed by atoms with Crippen molar-refractivity contribution in [2.45, 2.75) is 44.8 Å². The maximum absolute atomic E-state index is 12.0. The highest BCUT2D eigenvalue weighted by Gasteiger charge is 2.24. The Balaban J connectivity index is 2.35. The Labute approximate surface area is 104 Å². The summed E-state index contributed by atoms with van der Waals surface area (Å²) in [5.41, 5.74) is 0. The van der Waals surface area contributed by atoms with Gasteiger partial charge in [0.05, 0.1) is 18.7 Å². The minimum atomic E-state index is -0.123. The number of methoxy groups -OCH3 is 1. The lowest BCUT2D eigenvalue weighted by Crippen LogP contribution is -2.60. The number of carbonyl (C=O) groups is 1. The Kier molecular flexibility index (Phi) is 6.47. The number of amides is 1. The average molecular weight is 243 g/mol. The molecule has 3 unspecified atom stereocenters. The molecule has 17 heavy (non-hydrogen) atoms. The van der Waals surface area contributed by atoms with E-state index < -0.39 is 0 Å². The van der Waals surface area contributed by atoms with Gasteiger partial charge in [0.2, 0.25) is 5.91 Å². The van der Waals surface area contributed by atoms with Crippen LogP contribution in [0, 0.1) is 0 Å². The van der Waals surface area contributed by atoms with Crippen LogP contribution in [0.4, 0.5) is 0 Å². The van der Waals surface area contributed by atoms with Crippen molar-refractivity contribution in [3.63, 3.8) is 0 Å². The van der Waals surface area contributed by atoms with Crippen LogP contribution in [-0.4, -0.2) is 50.8 Å². The second-order valence-corrected chi connectivity index (χ2v) is 4.72. The number of nitrogens with one attached hydrogen (secondary N) is 3. The highest BCUT2D eigenvalue weighted by molar-refractivity contribution is 5.82. The summed E-state index contributed by atoms with van der Waals surface area (Å²) in [5.74, 6) is 0.0694. The van der Waals surface area contributed by atoms with Gasteiger partial charge in [0.15, 0.2) is 0 Å². The van der Waals surface area contributed by atoms with E-state index in [0.717, 1.165) is 19.4 Å². The molecule has 0 saturated carbocycles. The average Bonchev–Trinajstić information content (AvgIpc) is 2.30. The van der Waals surface area contributed by atoms with Crippen molar-refractivity contribution in [2.24, 2.45) is 0 Å². The number of carbonyl (C=O) groups excluding carboxylic acids is 1. The summed E-state index contributed by atoms with van der Waals surface area (Å²) >= 11 is 0. The quantitative estimate of drug-likeness (QED) is 0.608. The molecule has 0 aromatic heterocycles. The maximum Gasteiger partial charge on any atom is 0.238 e. The monoisotopic (exact) mass is 243 g/mol. The molecule has 5 nitrogen and oxygen atoms in total. The normalized spacial score (nSPS) is 26.5. The second kappa shape index (κ2) is 7.63. The molecule has 0 aliphatic carbocycles. The zero-order valence-electron chi connectivity index (χ0n) is 11.1. The zero-order chi connectivity index (χ0) is 12.7. The van der Waals surface area contributed by atoms with Gasteiger partial charge >= 0.3 is 0 Å². The topological polar surface area (TPSA) is 62.4 Å². The SMILES string of the molecule is CCCC(COC)NC(=O)C1CNC(C)CN1. The van der Waals surface area contributed by atoms with Crippen molar-refractivity contribution >= 4 is 5.91 Å². The van der Waals surface area contributed by atoms with Crippen LogP contribution >= 0.6 is 0 Å². The standard InChI is InChI=1S/C12H25N3O2/c1-4-5-10(8-17-3)15-12(16)11-7-13-9(2)6-14-11/h9-11,13-14H,4-8H2,1-3H3,(H,15,16). The van der Waals surface area contributed by atoms with E-state index in [0.29, 0.717) is 19.2 Å². The lowest BCUT2D eigenvalue weighted by Gasteiger charge is -2.29. The molecular weight excluding hydrogens is 218 g/mol. The molecule has 1 heterocycles. The van der Waals surface area contributed by atoms with Gasteiger partial charge < -0.3 is 20.7 Å². The molecule has 3 atom stereocenters. The van der Waals surface area contributed by atoms with Gasteiger partial charge in [0.1, 0.15) is 0 Å². The molecule has 3 N–H and O–H groups in total. The molecule has 1 fully saturated rings. The number of hydrogen-bond acceptors (Lipinski definition) is 4. The zero-order valence-corrected chi connectivity index (χ0v) is 11.1. The Morgan fingerprint density at radius 1 is 1.47 bits per heavy atom. The molecule has 0 aromatic carbocycles. The summed E-state index contributed by atoms with van der Waals surface area (Å²) < 4.78 is 5.11. The first kappa shape index (κ1) is 14.4. The van der Waals surface area contributed by atoms with E-state index in [-0.39, 0.29) is 18.0 Å². The van der Waals surface area contributed by atoms with Crippen molar-refractivity contribution in [3.05, 3.63) is 0 Å². The summed E-state index contributed by atoms with van der Waals surface area (Å²) in [5, 5.41) is 9.58. The van der Waals surface area contributed by atoms with Gasteiger partial charge in [-0.25, -0.2) is 0 Å². The van der Waals surface area contributed by atoms with Gasteiger partial charge in [0, 0.05) is 26.2 Å². The number of piperazine rings is 1. The fourth-order valence-electron chi connectivity index (χ4n) is 2.02. The number of ether oxygens (including phenoxy) is 1. The molecule has 1 aliphatic heterocycles. The van der Waals surface area contributed by atoms with E-state index in [9.17, 15) is 4.79 Å². The molecule has 0 radical (unpaired) electrons. The fraction of sp³-hybridized carbons (Fsp3) is 0.917. The molecule has 0 bridgehead atoms. The summed E-state index contributed by atoms with van der Waals surface area (Å²) in [6.45, 7) is 6.32. The molecule has 1 rings (SSSR count). The first-order valence-electron chi connectivity index (χ1n) is 6.43. The van der Waals surface area contributed by atoms with Crippen LogP contribution < -0.4 is 16.0 Å². The Morgan fingerprint density at radius 3 is 2.76 bits per heavy atom. The van der Waals surface area contributed by atoms with Crippen LogP contribution in [0.2, 0.25) is 0 Å². The molecule has 1 saturated heterocycles. The van der Waals surface area contributed by atoms with E-state index in [1.165, 1.54) is 0 Å². The molecule has 0 spiro atoms. The highest BCUT2D eigenvalue weighted by atomic mass is 16.5. The van der Waals surface area contributed by atoms with Crippen molar-refractivity contribution in [1.82, 2.24) is 16.0 Å². The summed E-state index contributed by atoms with van der Waals surface area (Å²) in [6.07, 6.45) is 2.00. The molecule has 1 aliphatic rings. The van der Waals surface area contributed by atoms with E-state index in [2.05, 4.69) is 29.8 Å². The van der Waals surface area contributed by atoms with Crippen LogP contribution in [0.5, 0.6) is 0 Å². The maximum atomic E-state index is 12.0. The largest absolute Gasteiger partial charge is 0.383 e. The van der Waals surface area contributed by atoms with E-state index in [1.807, 2.05) is 0 Å². The van der Waals surface area contributed by atoms with Crippen molar-refractivity contribution < 1.29 is 9.53 Å². The number of hydrogen-bond donors (Lipinski definition) is 3. The third kappa shape index (κ3) is 5.02. The Bertz CT molecular complexity index is 222. The van der Waals surface area contributed by atoms with Crippen LogP contribution in [-0.2, 0) is 9.53 Å². The van der Waals surface area contributed by atoms with Gasteiger partial charge in [0.25, 0.3) is 0 Å². The lowest BCUT2D eigenvalue weighted by atomic mass is 10.1. The van der Waals surface area contributed by atoms with Crippen LogP contribution in [0.15, 0.2) is 0 Å². The van der Waals surface area contributed by atoms with Crippen LogP contribution in [0.1, 0.15) is 26.7 Å². The molecular formula is C12H25N3O2. The van der Waals surface area contributed by atoms with Crippen molar-refractivity contribution in [1.29, 1.82) is 0 Å². The van der Waals surface area contributed by atoms with E-state index in [4.69, 9.17) is 4.74 Å². The summed E-state index contributed by atoms with van der Waals surface area (Å²) in [4.78, 5) is 12.0. The van der Waals surface area contributed by atoms with E-state index >= 15 is 0 Å². The predicted molar refractivity (Wildman–Crippen MR) is 68.0 cm³/mol. The minimum Gasteiger partial charge on any atom is -0.383 e. The van der Waals surface area contributed by atoms with E-state index in [1.54, 1.807) is 7.11 Å². The first-order chi connectivity index (χ1) is 8.17. The lowest BCUT2D eigenvalue weighted by molar-refractivity contribution is -0.124. The molecule has 1 amide bonds. The summed E-state index contributed by atoms with van der Waals surface area (Å²) in [6, 6.07) is 0.436. The minimum absolute atomic E-state index is 0.0694. The smallest absolute Gasteiger partial charge is 0.238 e. The van der Waals surface area contributed by atoms with Crippen LogP contribution in [0.25, 0.3) is 0 Å². The molecule has 100 valence electrons. The molecule has 5 heteroatoms. The van der Waals surface area contributed by atoms with Gasteiger partial charge in [-0.2, -0.15) is 0 Å². The highest BCUT2D eigenvalue weighted by Crippen LogP contribution is 1.99. The predicted octanol–water partition coefficient (Wildman–Crippen LogP) is -0.132. The number of rotatable bonds is 6. The Hall–Kier alpha value is -0.650. The van der Waals surface area contributed by atoms with Gasteiger partial charge in [-0.05, 0) is 13.3 Å². The van der Waals surface area contributed by atoms with Crippen molar-refractivity contribution in [2.75, 3.05) is 26.8 Å². The van der Waals surface area contributed by atoms with Gasteiger partial charge in [-0.15, -0.1) is 0 Å². The van der Waals surface area contributed by atoms with Gasteiger partial charge in [-0.1, -0.05) is 13.3 Å². The van der Waals surface area contributed by atoms with Crippen LogP contribution in [0.3, 0.4) is 0 Å². The van der Waals surface area contributed by atoms with Gasteiger partial charge in [-0.3, -0.25) is 4.79 Å². The first-order valence-corrected chi connectivity index (χ1v) is 6.43. The molecule has 0 aromatic rings. The third-order valence-corrected chi connectivity index (χ3v) is 3.01. The summed E-state index contributed by atoms with van der Waals surface area (Å²) in [7, 11) is 1.66. The fourth-order valence-corrected chi connectivity index (χ4v) is 2.02. The Morgan fingerprint density at radius 2 is 2.24 bits per heavy atom.